The molecule has 3 amide bonds. The maximum atomic E-state index is 12.7. The van der Waals surface area contributed by atoms with Crippen LogP contribution in [0.4, 0.5) is 17.1 Å². The van der Waals surface area contributed by atoms with Gasteiger partial charge >= 0.3 is 51.2 Å². The van der Waals surface area contributed by atoms with Crippen LogP contribution in [0.5, 0.6) is 0 Å². The molecular weight excluding hydrogens is 990 g/mol. The average Bonchev–Trinajstić information content (AvgIpc) is 4.13. The van der Waals surface area contributed by atoms with Crippen molar-refractivity contribution in [3.05, 3.63) is 158 Å². The molecule has 2 unspecified atom stereocenters. The van der Waals surface area contributed by atoms with Crippen LogP contribution in [0.2, 0.25) is 0 Å². The Morgan fingerprint density at radius 1 is 0.400 bits per heavy atom. The Morgan fingerprint density at radius 2 is 0.700 bits per heavy atom. The Bertz CT molecular complexity index is 1770. The number of nitrogens with one attached hydrogen (secondary N) is 3. The third kappa shape index (κ3) is 24.2. The van der Waals surface area contributed by atoms with E-state index in [0.717, 1.165) is 116 Å². The Labute approximate surface area is 462 Å². The average molecular weight is 1080 g/mol. The fraction of sp³-hybridized carbons (Fsp3) is 0.492. The SMILES string of the molecule is CC1C=CCC1.CC1CCCC1.CC1CCCC1.O=C(Nc1ccc(C(c2ccc(NC(=O)C3CCCC3)cc2)c2ccc(NC(=O)C3CCCC3)cc2)cc1)C1C=CCC1.[CH3-].[CH3-].[CH3-].[CH3-].[CH3-].[CH3-].[Fe+2].[Fe+2].[Fe+2]. The summed E-state index contributed by atoms with van der Waals surface area (Å²) >= 11 is 0. The molecule has 0 radical (unpaired) electrons. The molecule has 0 saturated heterocycles. The summed E-state index contributed by atoms with van der Waals surface area (Å²) < 4.78 is 0. The Hall–Kier alpha value is -2.89. The Balaban J connectivity index is -0.000000679. The fourth-order valence-corrected chi connectivity index (χ4v) is 9.85. The van der Waals surface area contributed by atoms with E-state index in [1.165, 1.54) is 64.2 Å². The van der Waals surface area contributed by atoms with Crippen molar-refractivity contribution in [3.8, 4) is 0 Å². The molecule has 0 aliphatic heterocycles. The van der Waals surface area contributed by atoms with Gasteiger partial charge in [0.1, 0.15) is 0 Å². The molecule has 0 aromatic heterocycles. The number of hydrogen-bond acceptors (Lipinski definition) is 3. The van der Waals surface area contributed by atoms with Gasteiger partial charge in [0.05, 0.1) is 5.92 Å². The van der Waals surface area contributed by atoms with Gasteiger partial charge in [-0.25, -0.2) is 0 Å². The summed E-state index contributed by atoms with van der Waals surface area (Å²) in [5.74, 6) is 3.32. The molecule has 0 spiro atoms. The van der Waals surface area contributed by atoms with Crippen LogP contribution in [-0.4, -0.2) is 17.7 Å². The second kappa shape index (κ2) is 39.6. The van der Waals surface area contributed by atoms with Crippen molar-refractivity contribution in [1.29, 1.82) is 0 Å². The van der Waals surface area contributed by atoms with Crippen molar-refractivity contribution in [2.45, 2.75) is 155 Å². The number of carbonyl (C=O) groups is 3. The van der Waals surface area contributed by atoms with Gasteiger partial charge in [0, 0.05) is 34.8 Å². The van der Waals surface area contributed by atoms with E-state index < -0.39 is 0 Å². The van der Waals surface area contributed by atoms with Crippen LogP contribution in [0.1, 0.15) is 172 Å². The predicted octanol–water partition coefficient (Wildman–Crippen LogP) is 17.1. The maximum absolute atomic E-state index is 12.7. The number of rotatable bonds is 9. The zero-order valence-corrected chi connectivity index (χ0v) is 48.0. The van der Waals surface area contributed by atoms with Gasteiger partial charge in [0.25, 0.3) is 0 Å². The molecule has 3 aromatic rings. The standard InChI is InChI=1S/C37H41N3O3.2C6H12.C6H10.6CH3.3Fe/c41-35(28-7-1-2-8-28)38-31-19-13-25(14-20-31)34(26-15-21-32(22-16-26)39-36(42)29-9-3-4-10-29)27-17-23-33(24-18-27)40-37(43)30-11-5-6-12-30;3*1-6-4-2-3-5-6;;;;;;;;;/h1,7,13-24,28-30,34H,2-6,8-12H2,(H,38,41)(H,39,42)(H,40,43);2*6H,2-5H2,1H3;2,4,6H,3,5H2,1H3;6*1H3;;;/q;;;;6*-1;3*+2. The molecule has 4 fully saturated rings. The molecule has 6 nitrogen and oxygen atoms in total. The smallest absolute Gasteiger partial charge is 0.358 e. The first kappa shape index (κ1) is 73.6. The fourth-order valence-electron chi connectivity index (χ4n) is 9.85. The molecule has 3 aromatic carbocycles. The summed E-state index contributed by atoms with van der Waals surface area (Å²) in [6, 6.07) is 24.3. The van der Waals surface area contributed by atoms with Gasteiger partial charge in [0.2, 0.25) is 17.7 Å². The van der Waals surface area contributed by atoms with Crippen LogP contribution in [0.3, 0.4) is 0 Å². The summed E-state index contributed by atoms with van der Waals surface area (Å²) in [7, 11) is 0. The largest absolute Gasteiger partial charge is 2.00 e. The van der Waals surface area contributed by atoms with Crippen LogP contribution >= 0.6 is 0 Å². The number of allylic oxidation sites excluding steroid dienone is 3. The molecular formula is C61H93Fe3N3O3. The minimum absolute atomic E-state index is 0. The van der Waals surface area contributed by atoms with Crippen molar-refractivity contribution < 1.29 is 65.6 Å². The van der Waals surface area contributed by atoms with E-state index in [-0.39, 0.29) is 137 Å². The van der Waals surface area contributed by atoms with Crippen molar-refractivity contribution in [2.75, 3.05) is 16.0 Å². The normalized spacial score (nSPS) is 18.6. The van der Waals surface area contributed by atoms with Gasteiger partial charge < -0.3 is 60.5 Å². The first-order valence-electron chi connectivity index (χ1n) is 24.3. The summed E-state index contributed by atoms with van der Waals surface area (Å²) in [5.41, 5.74) is 5.67. The molecule has 9 heteroatoms. The van der Waals surface area contributed by atoms with Gasteiger partial charge in [0.15, 0.2) is 0 Å². The van der Waals surface area contributed by atoms with Crippen LogP contribution in [0.25, 0.3) is 0 Å². The summed E-state index contributed by atoms with van der Waals surface area (Å²) in [6.45, 7) is 6.93. The van der Waals surface area contributed by atoms with Gasteiger partial charge in [-0.15, -0.1) is 0 Å². The number of benzene rings is 3. The topological polar surface area (TPSA) is 87.3 Å². The minimum atomic E-state index is -0.0679. The van der Waals surface area contributed by atoms with E-state index in [2.05, 4.69) is 91.3 Å². The monoisotopic (exact) mass is 1080 g/mol. The van der Waals surface area contributed by atoms with Crippen molar-refractivity contribution >= 4 is 34.8 Å². The molecule has 6 aliphatic carbocycles. The summed E-state index contributed by atoms with van der Waals surface area (Å²) in [4.78, 5) is 38.0. The first-order valence-corrected chi connectivity index (χ1v) is 24.3. The number of anilines is 3. The van der Waals surface area contributed by atoms with E-state index in [1.807, 2.05) is 42.5 Å². The second-order valence-corrected chi connectivity index (χ2v) is 19.1. The van der Waals surface area contributed by atoms with Crippen molar-refractivity contribution in [3.63, 3.8) is 0 Å². The van der Waals surface area contributed by atoms with E-state index in [0.29, 0.717) is 0 Å². The zero-order valence-electron chi connectivity index (χ0n) is 44.7. The third-order valence-corrected chi connectivity index (χ3v) is 13.9. The molecule has 70 heavy (non-hydrogen) atoms. The van der Waals surface area contributed by atoms with E-state index in [4.69, 9.17) is 0 Å². The first-order chi connectivity index (χ1) is 29.7. The van der Waals surface area contributed by atoms with Crippen LogP contribution in [-0.2, 0) is 65.6 Å². The number of amides is 3. The van der Waals surface area contributed by atoms with Crippen LogP contribution in [0, 0.1) is 80.1 Å². The van der Waals surface area contributed by atoms with E-state index >= 15 is 0 Å². The van der Waals surface area contributed by atoms with Gasteiger partial charge in [-0.1, -0.05) is 159 Å². The summed E-state index contributed by atoms with van der Waals surface area (Å²) in [6.07, 6.45) is 33.4. The number of hydrogen-bond donors (Lipinski definition) is 3. The summed E-state index contributed by atoms with van der Waals surface area (Å²) in [5, 5.41) is 9.26. The Morgan fingerprint density at radius 3 is 0.943 bits per heavy atom. The molecule has 2 atom stereocenters. The van der Waals surface area contributed by atoms with Crippen LogP contribution in [0.15, 0.2) is 97.1 Å². The molecule has 0 heterocycles. The number of carbonyl (C=O) groups excluding carboxylic acids is 3. The van der Waals surface area contributed by atoms with E-state index in [9.17, 15) is 14.4 Å². The molecule has 0 bridgehead atoms. The minimum Gasteiger partial charge on any atom is -0.358 e. The molecule has 9 rings (SSSR count). The molecule has 6 aliphatic rings. The van der Waals surface area contributed by atoms with Gasteiger partial charge in [-0.05, 0) is 122 Å². The molecule has 394 valence electrons. The molecule has 3 N–H and O–H groups in total. The Kier molecular flexibility index (Phi) is 41.7. The third-order valence-electron chi connectivity index (χ3n) is 13.9. The van der Waals surface area contributed by atoms with E-state index in [1.54, 1.807) is 0 Å². The van der Waals surface area contributed by atoms with Gasteiger partial charge in [-0.2, -0.15) is 0 Å². The van der Waals surface area contributed by atoms with Crippen molar-refractivity contribution in [1.82, 2.24) is 0 Å². The quantitative estimate of drug-likeness (QED) is 0.0863. The maximum Gasteiger partial charge on any atom is 2.00 e. The predicted molar refractivity (Wildman–Crippen MR) is 293 cm³/mol. The second-order valence-electron chi connectivity index (χ2n) is 19.1. The van der Waals surface area contributed by atoms with Crippen LogP contribution < -0.4 is 16.0 Å². The zero-order chi connectivity index (χ0) is 42.8. The molecule has 4 saturated carbocycles. The van der Waals surface area contributed by atoms with Gasteiger partial charge in [-0.3, -0.25) is 14.4 Å². The van der Waals surface area contributed by atoms with Crippen molar-refractivity contribution in [2.24, 2.45) is 35.5 Å².